The number of unbranched alkanes of at least 4 members (excludes halogenated alkanes) is 3. The first-order valence-corrected chi connectivity index (χ1v) is 42.7. The van der Waals surface area contributed by atoms with Gasteiger partial charge >= 0.3 is 17.9 Å². The molecule has 1 aliphatic heterocycles. The van der Waals surface area contributed by atoms with Crippen molar-refractivity contribution in [3.63, 3.8) is 0 Å². The quantitative estimate of drug-likeness (QED) is 0.0324. The van der Waals surface area contributed by atoms with Gasteiger partial charge in [-0.1, -0.05) is 138 Å². The van der Waals surface area contributed by atoms with E-state index in [0.29, 0.717) is 6.42 Å². The van der Waals surface area contributed by atoms with Gasteiger partial charge in [0, 0.05) is 128 Å². The number of thiazole rings is 3. The minimum Gasteiger partial charge on any atom is -0.481 e. The van der Waals surface area contributed by atoms with Crippen LogP contribution in [-0.2, 0) is 55.2 Å². The molecule has 110 heavy (non-hydrogen) atoms. The number of aromatic nitrogens is 7. The number of aliphatic carboxylic acids is 3. The van der Waals surface area contributed by atoms with Crippen LogP contribution >= 0.6 is 81.5 Å². The normalized spacial score (nSPS) is 11.7. The van der Waals surface area contributed by atoms with E-state index in [1.54, 1.807) is 46.6 Å². The highest BCUT2D eigenvalue weighted by Gasteiger charge is 2.23. The van der Waals surface area contributed by atoms with Gasteiger partial charge in [-0.05, 0) is 183 Å². The van der Waals surface area contributed by atoms with Gasteiger partial charge in [-0.2, -0.15) is 22.8 Å². The Kier molecular flexibility index (Phi) is 31.1. The Hall–Kier alpha value is -9.71. The molecule has 0 fully saturated rings. The predicted octanol–water partition coefficient (Wildman–Crippen LogP) is 20.7. The lowest BCUT2D eigenvalue weighted by atomic mass is 10.1. The average Bonchev–Trinajstić information content (AvgIpc) is 1.40. The Morgan fingerprint density at radius 2 is 0.855 bits per heavy atom. The molecule has 0 amide bonds. The van der Waals surface area contributed by atoms with Crippen LogP contribution in [0, 0.1) is 24.7 Å². The Morgan fingerprint density at radius 3 is 1.32 bits per heavy atom. The van der Waals surface area contributed by atoms with Gasteiger partial charge < -0.3 is 24.8 Å². The Morgan fingerprint density at radius 1 is 0.455 bits per heavy atom. The second kappa shape index (κ2) is 41.4. The van der Waals surface area contributed by atoms with Gasteiger partial charge in [-0.15, -0.1) is 11.3 Å². The van der Waals surface area contributed by atoms with Crippen molar-refractivity contribution in [2.45, 2.75) is 112 Å². The zero-order valence-electron chi connectivity index (χ0n) is 63.7. The molecule has 0 atom stereocenters. The second-order valence-electron chi connectivity index (χ2n) is 26.3. The fraction of sp³-hybridized carbons (Fsp3) is 0.236. The largest absolute Gasteiger partial charge is 0.481 e. The van der Waals surface area contributed by atoms with Crippen molar-refractivity contribution < 1.29 is 52.5 Å². The number of nitrogens with zero attached hydrogens (tertiary/aromatic N) is 8. The van der Waals surface area contributed by atoms with Crippen molar-refractivity contribution in [2.75, 3.05) is 24.5 Å². The van der Waals surface area contributed by atoms with Crippen molar-refractivity contribution in [1.82, 2.24) is 9.55 Å². The first-order valence-electron chi connectivity index (χ1n) is 36.5. The minimum atomic E-state index is -0.726. The average molecular weight is 1600 g/mol. The molecule has 0 saturated carbocycles. The summed E-state index contributed by atoms with van der Waals surface area (Å²) in [6, 6.07) is 75.3. The van der Waals surface area contributed by atoms with Crippen LogP contribution in [0.25, 0.3) is 80.3 Å². The first-order chi connectivity index (χ1) is 53.3. The lowest BCUT2D eigenvalue weighted by Gasteiger charge is -2.13. The number of hydrogen-bond donors (Lipinski definition) is 3. The fourth-order valence-electron chi connectivity index (χ4n) is 12.8. The number of rotatable bonds is 18. The van der Waals surface area contributed by atoms with Crippen molar-refractivity contribution in [3.05, 3.63) is 274 Å². The summed E-state index contributed by atoms with van der Waals surface area (Å²) >= 11 is 15.9. The van der Waals surface area contributed by atoms with E-state index in [4.69, 9.17) is 27.5 Å². The number of aryl methyl sites for hydroxylation is 9. The number of carboxylic acids is 3. The maximum Gasteiger partial charge on any atom is 0.303 e. The molecule has 0 radical (unpaired) electrons. The summed E-state index contributed by atoms with van der Waals surface area (Å²) in [5, 5.41) is 32.2. The molecule has 0 unspecified atom stereocenters. The summed E-state index contributed by atoms with van der Waals surface area (Å²) in [5.41, 5.74) is 14.8. The van der Waals surface area contributed by atoms with Crippen LogP contribution in [0.4, 0.5) is 5.69 Å². The van der Waals surface area contributed by atoms with Crippen LogP contribution in [0.15, 0.2) is 262 Å². The van der Waals surface area contributed by atoms with Gasteiger partial charge in [-0.3, -0.25) is 19.4 Å². The van der Waals surface area contributed by atoms with Crippen molar-refractivity contribution in [3.8, 4) is 0 Å². The Bertz CT molecular complexity index is 5570. The van der Waals surface area contributed by atoms with Crippen LogP contribution in [0.5, 0.6) is 0 Å². The van der Waals surface area contributed by atoms with E-state index >= 15 is 0 Å². The standard InChI is InChI=1S/C23H22N2O2S.2C15H17NO2.C10H9N.2C9H10NS2.C8H7NS2/c1-24-20-10-4-5-11-21(20)28-22(24)16-17-13-15-25(14-7-6-12-23(26)27)19-9-3-2-8-18(17)19;2*1-12-9-11-16(10-5-4-8-15(17)18)14-7-3-2-6-13(12)14;1-8-6-7-11-10-5-3-2-4-9(8)10;2*1-10-7-5-3-4-6-8(7)12-9(10)11-2;1-9-6-4-2-3-5-7(6)11-8(9)10/h2-5,8-11,13,15-16H,6-7,12,14H2,1H3;2*2-3,6-7,9,11H,4-5,8,10H2,1H3;2-7H,1H3;2*3-6H,1-2H3;2-5H,1H3/q;;;;2*+1;/p+3. The van der Waals surface area contributed by atoms with E-state index < -0.39 is 17.9 Å². The van der Waals surface area contributed by atoms with Gasteiger partial charge in [0.1, 0.15) is 43.1 Å². The van der Waals surface area contributed by atoms with Crippen molar-refractivity contribution >= 4 is 185 Å². The van der Waals surface area contributed by atoms with Gasteiger partial charge in [-0.25, -0.2) is 0 Å². The summed E-state index contributed by atoms with van der Waals surface area (Å²) in [6.07, 6.45) is 20.1. The number of anilines is 1. The third kappa shape index (κ3) is 22.3. The molecule has 0 spiro atoms. The van der Waals surface area contributed by atoms with E-state index in [-0.39, 0.29) is 19.3 Å². The molecule has 0 bridgehead atoms. The van der Waals surface area contributed by atoms with E-state index in [0.717, 1.165) is 61.2 Å². The molecule has 564 valence electrons. The SMILES string of the molecule is CN1/C(=C/c2cc[n+](CCCCC(=O)O)c3ccccc23)Sc2ccccc21.CSc1sc2ccccc2[n+]1C.CSc1sc2ccccc2[n+]1C.Cc1cc[n+](CCCCC(=O)O)c2ccccc12.Cc1cc[n+](CCCCC(=O)O)c2ccccc12.Cc1ccnc2ccccc12.Cn1c(=S)sc2ccccc21. The summed E-state index contributed by atoms with van der Waals surface area (Å²) in [6.45, 7) is 8.88. The molecule has 7 aromatic heterocycles. The molecule has 0 saturated heterocycles. The highest BCUT2D eigenvalue weighted by Crippen LogP contribution is 2.46. The molecule has 15 aromatic rings. The van der Waals surface area contributed by atoms with E-state index in [1.165, 1.54) is 115 Å². The number of fused-ring (bicyclic) bond motifs is 8. The highest BCUT2D eigenvalue weighted by molar-refractivity contribution is 8.04. The molecule has 8 aromatic carbocycles. The van der Waals surface area contributed by atoms with Gasteiger partial charge in [0.25, 0.3) is 8.68 Å². The molecule has 14 nitrogen and oxygen atoms in total. The second-order valence-corrected chi connectivity index (χ2v) is 33.2. The zero-order valence-corrected chi connectivity index (χ0v) is 69.4. The van der Waals surface area contributed by atoms with E-state index in [1.807, 2.05) is 101 Å². The molecular formula is C89H95N8O6S7+5. The number of hydrogen-bond acceptors (Lipinski definition) is 12. The topological polar surface area (TPSA) is 152 Å². The number of carboxylic acid groups (broad SMARTS) is 3. The highest BCUT2D eigenvalue weighted by atomic mass is 32.2. The lowest BCUT2D eigenvalue weighted by molar-refractivity contribution is -0.676. The molecule has 1 aliphatic rings. The van der Waals surface area contributed by atoms with Gasteiger partial charge in [0.2, 0.25) is 27.6 Å². The molecular weight excluding hydrogens is 1500 g/mol. The monoisotopic (exact) mass is 1600 g/mol. The Balaban J connectivity index is 0.000000141. The molecule has 8 heterocycles. The lowest BCUT2D eigenvalue weighted by Crippen LogP contribution is -2.34. The summed E-state index contributed by atoms with van der Waals surface area (Å²) < 4.78 is 20.8. The molecule has 16 rings (SSSR count). The van der Waals surface area contributed by atoms with Crippen LogP contribution < -0.4 is 27.7 Å². The summed E-state index contributed by atoms with van der Waals surface area (Å²) in [7, 11) is 8.34. The smallest absolute Gasteiger partial charge is 0.303 e. The Labute approximate surface area is 674 Å². The van der Waals surface area contributed by atoms with E-state index in [9.17, 15) is 14.4 Å². The minimum absolute atomic E-state index is 0.229. The fourth-order valence-corrected chi connectivity index (χ4v) is 18.8. The number of carbonyl (C=O) groups is 3. The summed E-state index contributed by atoms with van der Waals surface area (Å²) in [4.78, 5) is 39.4. The first kappa shape index (κ1) is 82.8. The number of thioether (sulfide) groups is 3. The van der Waals surface area contributed by atoms with Gasteiger partial charge in [0.05, 0.1) is 31.8 Å². The number of pyridine rings is 4. The maximum atomic E-state index is 10.7. The molecule has 3 N–H and O–H groups in total. The third-order valence-corrected chi connectivity index (χ3v) is 26.2. The summed E-state index contributed by atoms with van der Waals surface area (Å²) in [5.74, 6) is -2.15. The zero-order chi connectivity index (χ0) is 78.1. The molecule has 0 aliphatic carbocycles. The number of para-hydroxylation sites is 8. The number of benzene rings is 8. The van der Waals surface area contributed by atoms with Crippen molar-refractivity contribution in [2.24, 2.45) is 21.1 Å². The van der Waals surface area contributed by atoms with Crippen LogP contribution in [-0.4, -0.2) is 62.3 Å². The van der Waals surface area contributed by atoms with Crippen LogP contribution in [0.2, 0.25) is 0 Å². The van der Waals surface area contributed by atoms with Crippen molar-refractivity contribution in [1.29, 1.82) is 0 Å². The van der Waals surface area contributed by atoms with Crippen LogP contribution in [0.3, 0.4) is 0 Å². The van der Waals surface area contributed by atoms with Crippen LogP contribution in [0.1, 0.15) is 80.0 Å². The molecule has 21 heteroatoms. The van der Waals surface area contributed by atoms with E-state index in [2.05, 4.69) is 270 Å². The van der Waals surface area contributed by atoms with Gasteiger partial charge in [0.15, 0.2) is 22.5 Å². The predicted molar refractivity (Wildman–Crippen MR) is 463 cm³/mol. The maximum absolute atomic E-state index is 10.7. The third-order valence-electron chi connectivity index (χ3n) is 18.7.